The monoisotopic (exact) mass is 365 g/mol. The molecule has 0 spiro atoms. The van der Waals surface area contributed by atoms with E-state index in [0.29, 0.717) is 37.0 Å². The number of pyridine rings is 1. The van der Waals surface area contributed by atoms with Gasteiger partial charge in [0.15, 0.2) is 6.29 Å². The number of rotatable bonds is 10. The summed E-state index contributed by atoms with van der Waals surface area (Å²) in [4.78, 5) is 15.6. The quantitative estimate of drug-likeness (QED) is 0.506. The number of aromatic nitrogens is 1. The average molecular weight is 365 g/mol. The Morgan fingerprint density at radius 3 is 2.77 bits per heavy atom. The normalized spacial score (nSPS) is 22.5. The van der Waals surface area contributed by atoms with Crippen LogP contribution in [-0.4, -0.2) is 48.9 Å². The predicted octanol–water partition coefficient (Wildman–Crippen LogP) is 3.27. The third-order valence-corrected chi connectivity index (χ3v) is 5.41. The van der Waals surface area contributed by atoms with Gasteiger partial charge in [0.1, 0.15) is 12.4 Å². The zero-order valence-corrected chi connectivity index (χ0v) is 16.1. The molecule has 0 aliphatic heterocycles. The summed E-state index contributed by atoms with van der Waals surface area (Å²) in [6.07, 6.45) is 7.34. The van der Waals surface area contributed by atoms with Crippen molar-refractivity contribution in [3.05, 3.63) is 17.8 Å². The van der Waals surface area contributed by atoms with Gasteiger partial charge in [-0.25, -0.2) is 4.98 Å². The number of hydrogen-bond acceptors (Lipinski definition) is 6. The number of nitrogens with zero attached hydrogens (tertiary/aromatic N) is 1. The highest BCUT2D eigenvalue weighted by Gasteiger charge is 2.38. The van der Waals surface area contributed by atoms with E-state index in [1.165, 1.54) is 6.20 Å². The topological polar surface area (TPSA) is 77.9 Å². The first-order valence-corrected chi connectivity index (χ1v) is 9.44. The molecule has 1 fully saturated rings. The van der Waals surface area contributed by atoms with Gasteiger partial charge in [-0.3, -0.25) is 4.79 Å². The van der Waals surface area contributed by atoms with Crippen LogP contribution in [0.15, 0.2) is 12.3 Å². The van der Waals surface area contributed by atoms with Crippen LogP contribution in [0.3, 0.4) is 0 Å². The van der Waals surface area contributed by atoms with Crippen molar-refractivity contribution in [3.8, 4) is 11.6 Å². The van der Waals surface area contributed by atoms with Gasteiger partial charge in [-0.15, -0.1) is 0 Å². The van der Waals surface area contributed by atoms with E-state index in [1.54, 1.807) is 13.2 Å². The van der Waals surface area contributed by atoms with Gasteiger partial charge in [-0.2, -0.15) is 0 Å². The lowest BCUT2D eigenvalue weighted by Crippen LogP contribution is -2.42. The maximum atomic E-state index is 11.4. The Kier molecular flexibility index (Phi) is 7.85. The minimum atomic E-state index is -0.681. The van der Waals surface area contributed by atoms with Crippen molar-refractivity contribution < 1.29 is 24.1 Å². The standard InChI is InChI=1S/C20H31NO5/c1-4-20(2,23)17-8-6-5-7-15(17)14-26-18-12-21-19(11-16(18)13-22)25-10-9-24-3/h11-13,15,17,23H,4-10,14H2,1-3H3. The Morgan fingerprint density at radius 1 is 1.31 bits per heavy atom. The van der Waals surface area contributed by atoms with Gasteiger partial charge in [0, 0.05) is 13.2 Å². The minimum absolute atomic E-state index is 0.213. The van der Waals surface area contributed by atoms with Crippen LogP contribution in [0.5, 0.6) is 11.6 Å². The summed E-state index contributed by atoms with van der Waals surface area (Å²) in [5.41, 5.74) is -0.263. The first kappa shape index (κ1) is 20.6. The van der Waals surface area contributed by atoms with Crippen LogP contribution in [0.2, 0.25) is 0 Å². The average Bonchev–Trinajstić information content (AvgIpc) is 2.67. The Morgan fingerprint density at radius 2 is 2.08 bits per heavy atom. The highest BCUT2D eigenvalue weighted by atomic mass is 16.5. The summed E-state index contributed by atoms with van der Waals surface area (Å²) in [7, 11) is 1.60. The fraction of sp³-hybridized carbons (Fsp3) is 0.700. The molecule has 1 aromatic heterocycles. The lowest BCUT2D eigenvalue weighted by molar-refractivity contribution is -0.0543. The van der Waals surface area contributed by atoms with Crippen molar-refractivity contribution in [2.24, 2.45) is 11.8 Å². The van der Waals surface area contributed by atoms with Crippen molar-refractivity contribution in [3.63, 3.8) is 0 Å². The molecule has 2 rings (SSSR count). The van der Waals surface area contributed by atoms with Gasteiger partial charge < -0.3 is 19.3 Å². The van der Waals surface area contributed by atoms with Crippen LogP contribution < -0.4 is 9.47 Å². The lowest BCUT2D eigenvalue weighted by atomic mass is 9.70. The van der Waals surface area contributed by atoms with Gasteiger partial charge in [0.05, 0.1) is 30.6 Å². The van der Waals surface area contributed by atoms with E-state index in [1.807, 2.05) is 13.8 Å². The molecule has 6 heteroatoms. The van der Waals surface area contributed by atoms with Crippen LogP contribution in [0.4, 0.5) is 0 Å². The molecule has 3 unspecified atom stereocenters. The molecule has 0 bridgehead atoms. The van der Waals surface area contributed by atoms with Gasteiger partial charge in [-0.1, -0.05) is 19.8 Å². The minimum Gasteiger partial charge on any atom is -0.491 e. The van der Waals surface area contributed by atoms with Crippen molar-refractivity contribution in [1.29, 1.82) is 0 Å². The van der Waals surface area contributed by atoms with Crippen LogP contribution >= 0.6 is 0 Å². The first-order valence-electron chi connectivity index (χ1n) is 9.44. The summed E-state index contributed by atoms with van der Waals surface area (Å²) in [5.74, 6) is 1.32. The molecule has 0 radical (unpaired) electrons. The second kappa shape index (κ2) is 9.88. The highest BCUT2D eigenvalue weighted by molar-refractivity contribution is 5.79. The Hall–Kier alpha value is -1.66. The van der Waals surface area contributed by atoms with Gasteiger partial charge >= 0.3 is 0 Å². The summed E-state index contributed by atoms with van der Waals surface area (Å²) >= 11 is 0. The molecule has 1 aliphatic rings. The molecular weight excluding hydrogens is 334 g/mol. The van der Waals surface area contributed by atoms with E-state index >= 15 is 0 Å². The second-order valence-electron chi connectivity index (χ2n) is 7.19. The highest BCUT2D eigenvalue weighted by Crippen LogP contribution is 2.39. The number of carbonyl (C=O) groups excluding carboxylic acids is 1. The zero-order chi connectivity index (χ0) is 19.0. The number of methoxy groups -OCH3 is 1. The molecule has 0 amide bonds. The molecular formula is C20H31NO5. The van der Waals surface area contributed by atoms with E-state index < -0.39 is 5.60 Å². The fourth-order valence-corrected chi connectivity index (χ4v) is 3.64. The second-order valence-corrected chi connectivity index (χ2v) is 7.19. The van der Waals surface area contributed by atoms with Crippen LogP contribution in [-0.2, 0) is 4.74 Å². The number of aldehydes is 1. The van der Waals surface area contributed by atoms with E-state index in [9.17, 15) is 9.90 Å². The summed E-state index contributed by atoms with van der Waals surface area (Å²) in [6.45, 7) is 5.24. The predicted molar refractivity (Wildman–Crippen MR) is 98.9 cm³/mol. The summed E-state index contributed by atoms with van der Waals surface area (Å²) in [5, 5.41) is 10.7. The number of ether oxygens (including phenoxy) is 3. The van der Waals surface area contributed by atoms with Gasteiger partial charge in [-0.05, 0) is 38.0 Å². The Labute approximate surface area is 155 Å². The Bertz CT molecular complexity index is 575. The molecule has 0 saturated heterocycles. The fourth-order valence-electron chi connectivity index (χ4n) is 3.64. The van der Waals surface area contributed by atoms with Crippen LogP contribution in [0.25, 0.3) is 0 Å². The van der Waals surface area contributed by atoms with Crippen molar-refractivity contribution in [2.75, 3.05) is 26.9 Å². The van der Waals surface area contributed by atoms with E-state index in [-0.39, 0.29) is 11.8 Å². The smallest absolute Gasteiger partial charge is 0.214 e. The number of carbonyl (C=O) groups is 1. The molecule has 1 aliphatic carbocycles. The van der Waals surface area contributed by atoms with Gasteiger partial charge in [0.25, 0.3) is 0 Å². The summed E-state index contributed by atoms with van der Waals surface area (Å²) < 4.78 is 16.3. The molecule has 6 nitrogen and oxygen atoms in total. The number of hydrogen-bond donors (Lipinski definition) is 1. The zero-order valence-electron chi connectivity index (χ0n) is 16.1. The maximum Gasteiger partial charge on any atom is 0.214 e. The lowest BCUT2D eigenvalue weighted by Gasteiger charge is -2.40. The van der Waals surface area contributed by atoms with Gasteiger partial charge in [0.2, 0.25) is 5.88 Å². The Balaban J connectivity index is 2.01. The molecule has 1 aromatic rings. The van der Waals surface area contributed by atoms with Crippen molar-refractivity contribution in [1.82, 2.24) is 4.98 Å². The van der Waals surface area contributed by atoms with Crippen molar-refractivity contribution >= 4 is 6.29 Å². The largest absolute Gasteiger partial charge is 0.491 e. The van der Waals surface area contributed by atoms with Crippen molar-refractivity contribution in [2.45, 2.75) is 51.6 Å². The molecule has 0 aromatic carbocycles. The van der Waals surface area contributed by atoms with E-state index in [0.717, 1.165) is 38.4 Å². The van der Waals surface area contributed by atoms with E-state index in [2.05, 4.69) is 4.98 Å². The first-order chi connectivity index (χ1) is 12.5. The van der Waals surface area contributed by atoms with Crippen LogP contribution in [0, 0.1) is 11.8 Å². The molecule has 1 N–H and O–H groups in total. The molecule has 26 heavy (non-hydrogen) atoms. The third kappa shape index (κ3) is 5.42. The molecule has 146 valence electrons. The molecule has 1 saturated carbocycles. The molecule has 1 heterocycles. The maximum absolute atomic E-state index is 11.4. The van der Waals surface area contributed by atoms with E-state index in [4.69, 9.17) is 14.2 Å². The third-order valence-electron chi connectivity index (χ3n) is 5.41. The SMILES string of the molecule is CCC(C)(O)C1CCCCC1COc1cnc(OCCOC)cc1C=O. The van der Waals surface area contributed by atoms with Crippen LogP contribution in [0.1, 0.15) is 56.3 Å². The number of aliphatic hydroxyl groups is 1. The molecule has 3 atom stereocenters. The summed E-state index contributed by atoms with van der Waals surface area (Å²) in [6, 6.07) is 1.58.